The first-order chi connectivity index (χ1) is 8.19. The van der Waals surface area contributed by atoms with Crippen LogP contribution in [0.1, 0.15) is 35.7 Å². The molecule has 1 N–H and O–H groups in total. The predicted octanol–water partition coefficient (Wildman–Crippen LogP) is 1.62. The number of carbonyl (C=O) groups is 1. The van der Waals surface area contributed by atoms with Gasteiger partial charge < -0.3 is 10.0 Å². The van der Waals surface area contributed by atoms with Gasteiger partial charge in [-0.2, -0.15) is 0 Å². The number of amides is 1. The fourth-order valence-electron chi connectivity index (χ4n) is 1.64. The highest BCUT2D eigenvalue weighted by molar-refractivity contribution is 5.94. The Morgan fingerprint density at radius 3 is 2.76 bits per heavy atom. The van der Waals surface area contributed by atoms with Crippen molar-refractivity contribution in [2.45, 2.75) is 26.7 Å². The summed E-state index contributed by atoms with van der Waals surface area (Å²) in [6, 6.07) is 1.83. The van der Waals surface area contributed by atoms with Gasteiger partial charge in [0.25, 0.3) is 5.91 Å². The van der Waals surface area contributed by atoms with Crippen LogP contribution in [0, 0.1) is 6.92 Å². The minimum atomic E-state index is -0.0521. The highest BCUT2D eigenvalue weighted by Crippen LogP contribution is 2.07. The molecule has 4 heteroatoms. The first-order valence-electron chi connectivity index (χ1n) is 6.00. The molecule has 0 spiro atoms. The molecule has 17 heavy (non-hydrogen) atoms. The number of aliphatic hydroxyl groups excluding tert-OH is 1. The number of hydrogen-bond donors (Lipinski definition) is 1. The average Bonchev–Trinajstić information content (AvgIpc) is 2.33. The lowest BCUT2D eigenvalue weighted by molar-refractivity contribution is 0.0719. The van der Waals surface area contributed by atoms with Crippen LogP contribution in [0.4, 0.5) is 0 Å². The maximum atomic E-state index is 12.2. The summed E-state index contributed by atoms with van der Waals surface area (Å²) in [5.74, 6) is -0.0521. The summed E-state index contributed by atoms with van der Waals surface area (Å²) in [6.07, 6.45) is 5.27. The summed E-state index contributed by atoms with van der Waals surface area (Å²) in [6.45, 7) is 5.05. The number of nitrogens with zero attached hydrogens (tertiary/aromatic N) is 2. The second-order valence-corrected chi connectivity index (χ2v) is 4.12. The zero-order valence-corrected chi connectivity index (χ0v) is 10.5. The maximum Gasteiger partial charge on any atom is 0.255 e. The smallest absolute Gasteiger partial charge is 0.255 e. The van der Waals surface area contributed by atoms with Crippen molar-refractivity contribution in [3.05, 3.63) is 29.6 Å². The molecule has 1 amide bonds. The molecule has 0 unspecified atom stereocenters. The monoisotopic (exact) mass is 236 g/mol. The number of rotatable bonds is 6. The highest BCUT2D eigenvalue weighted by atomic mass is 16.3. The normalized spacial score (nSPS) is 10.3. The van der Waals surface area contributed by atoms with Crippen molar-refractivity contribution in [3.63, 3.8) is 0 Å². The lowest BCUT2D eigenvalue weighted by Gasteiger charge is -2.21. The molecule has 0 fully saturated rings. The van der Waals surface area contributed by atoms with Gasteiger partial charge in [0.05, 0.1) is 12.2 Å². The molecule has 1 heterocycles. The van der Waals surface area contributed by atoms with Crippen LogP contribution in [0.5, 0.6) is 0 Å². The van der Waals surface area contributed by atoms with Crippen molar-refractivity contribution in [2.75, 3.05) is 19.7 Å². The largest absolute Gasteiger partial charge is 0.395 e. The summed E-state index contributed by atoms with van der Waals surface area (Å²) < 4.78 is 0. The van der Waals surface area contributed by atoms with Crippen molar-refractivity contribution in [2.24, 2.45) is 0 Å². The molecule has 4 nitrogen and oxygen atoms in total. The van der Waals surface area contributed by atoms with Crippen LogP contribution in [0.3, 0.4) is 0 Å². The fourth-order valence-corrected chi connectivity index (χ4v) is 1.64. The predicted molar refractivity (Wildman–Crippen MR) is 66.9 cm³/mol. The molecule has 0 saturated carbocycles. The standard InChI is InChI=1S/C13H20N2O2/c1-3-4-5-15(6-7-16)13(17)12-8-11(2)9-14-10-12/h8-10,16H,3-7H2,1-2H3. The Balaban J connectivity index is 2.76. The van der Waals surface area contributed by atoms with E-state index < -0.39 is 0 Å². The molecule has 0 atom stereocenters. The summed E-state index contributed by atoms with van der Waals surface area (Å²) in [4.78, 5) is 17.9. The summed E-state index contributed by atoms with van der Waals surface area (Å²) >= 11 is 0. The molecule has 1 rings (SSSR count). The number of aryl methyl sites for hydroxylation is 1. The van der Waals surface area contributed by atoms with Crippen molar-refractivity contribution < 1.29 is 9.90 Å². The second kappa shape index (κ2) is 7.01. The zero-order valence-electron chi connectivity index (χ0n) is 10.5. The lowest BCUT2D eigenvalue weighted by Crippen LogP contribution is -2.34. The van der Waals surface area contributed by atoms with Crippen LogP contribution in [0.15, 0.2) is 18.5 Å². The van der Waals surface area contributed by atoms with Crippen LogP contribution >= 0.6 is 0 Å². The van der Waals surface area contributed by atoms with Gasteiger partial charge in [-0.1, -0.05) is 13.3 Å². The maximum absolute atomic E-state index is 12.2. The van der Waals surface area contributed by atoms with Gasteiger partial charge in [0.1, 0.15) is 0 Å². The van der Waals surface area contributed by atoms with E-state index in [1.54, 1.807) is 17.3 Å². The summed E-state index contributed by atoms with van der Waals surface area (Å²) in [5.41, 5.74) is 1.56. The molecule has 0 aromatic carbocycles. The number of aromatic nitrogens is 1. The van der Waals surface area contributed by atoms with E-state index in [4.69, 9.17) is 5.11 Å². The molecule has 0 bridgehead atoms. The van der Waals surface area contributed by atoms with Crippen LogP contribution in [0.2, 0.25) is 0 Å². The number of hydrogen-bond acceptors (Lipinski definition) is 3. The Hall–Kier alpha value is -1.42. The van der Waals surface area contributed by atoms with Crippen LogP contribution in [0.25, 0.3) is 0 Å². The average molecular weight is 236 g/mol. The van der Waals surface area contributed by atoms with E-state index in [1.807, 2.05) is 13.0 Å². The Morgan fingerprint density at radius 2 is 2.18 bits per heavy atom. The van der Waals surface area contributed by atoms with Crippen molar-refractivity contribution in [1.82, 2.24) is 9.88 Å². The molecule has 0 aliphatic heterocycles. The first-order valence-corrected chi connectivity index (χ1v) is 6.00. The molecule has 94 valence electrons. The van der Waals surface area contributed by atoms with Gasteiger partial charge in [-0.05, 0) is 25.0 Å². The van der Waals surface area contributed by atoms with Gasteiger partial charge in [0, 0.05) is 25.5 Å². The van der Waals surface area contributed by atoms with Gasteiger partial charge in [-0.15, -0.1) is 0 Å². The molecular weight excluding hydrogens is 216 g/mol. The second-order valence-electron chi connectivity index (χ2n) is 4.12. The van der Waals surface area contributed by atoms with Crippen molar-refractivity contribution in [1.29, 1.82) is 0 Å². The van der Waals surface area contributed by atoms with Gasteiger partial charge in [0.2, 0.25) is 0 Å². The van der Waals surface area contributed by atoms with Crippen molar-refractivity contribution in [3.8, 4) is 0 Å². The molecular formula is C13H20N2O2. The molecule has 0 radical (unpaired) electrons. The Kier molecular flexibility index (Phi) is 5.63. The lowest BCUT2D eigenvalue weighted by atomic mass is 10.2. The first kappa shape index (κ1) is 13.6. The SMILES string of the molecule is CCCCN(CCO)C(=O)c1cncc(C)c1. The zero-order chi connectivity index (χ0) is 12.7. The Bertz CT molecular complexity index is 366. The minimum absolute atomic E-state index is 0.00526. The molecule has 0 aliphatic carbocycles. The van der Waals surface area contributed by atoms with Crippen LogP contribution in [-0.4, -0.2) is 40.6 Å². The highest BCUT2D eigenvalue weighted by Gasteiger charge is 2.14. The van der Waals surface area contributed by atoms with Gasteiger partial charge in [-0.3, -0.25) is 9.78 Å². The third-order valence-electron chi connectivity index (χ3n) is 2.56. The van der Waals surface area contributed by atoms with Gasteiger partial charge in [-0.25, -0.2) is 0 Å². The van der Waals surface area contributed by atoms with E-state index in [1.165, 1.54) is 0 Å². The van der Waals surface area contributed by atoms with Crippen molar-refractivity contribution >= 4 is 5.91 Å². The molecule has 1 aromatic rings. The molecule has 0 saturated heterocycles. The van der Waals surface area contributed by atoms with Crippen LogP contribution < -0.4 is 0 Å². The number of pyridine rings is 1. The fraction of sp³-hybridized carbons (Fsp3) is 0.538. The third kappa shape index (κ3) is 4.15. The number of unbranched alkanes of at least 4 members (excludes halogenated alkanes) is 1. The van der Waals surface area contributed by atoms with E-state index in [-0.39, 0.29) is 12.5 Å². The van der Waals surface area contributed by atoms with E-state index in [0.717, 1.165) is 18.4 Å². The molecule has 0 aliphatic rings. The molecule has 1 aromatic heterocycles. The summed E-state index contributed by atoms with van der Waals surface area (Å²) in [5, 5.41) is 8.98. The Morgan fingerprint density at radius 1 is 1.41 bits per heavy atom. The van der Waals surface area contributed by atoms with E-state index in [2.05, 4.69) is 11.9 Å². The Labute approximate surface area is 102 Å². The van der Waals surface area contributed by atoms with E-state index in [0.29, 0.717) is 18.7 Å². The van der Waals surface area contributed by atoms with Gasteiger partial charge in [0.15, 0.2) is 0 Å². The van der Waals surface area contributed by atoms with Gasteiger partial charge >= 0.3 is 0 Å². The number of aliphatic hydroxyl groups is 1. The van der Waals surface area contributed by atoms with E-state index in [9.17, 15) is 4.79 Å². The topological polar surface area (TPSA) is 53.4 Å². The van der Waals surface area contributed by atoms with E-state index >= 15 is 0 Å². The van der Waals surface area contributed by atoms with Crippen LogP contribution in [-0.2, 0) is 0 Å². The summed E-state index contributed by atoms with van der Waals surface area (Å²) in [7, 11) is 0. The quantitative estimate of drug-likeness (QED) is 0.816. The minimum Gasteiger partial charge on any atom is -0.395 e. The number of carbonyl (C=O) groups excluding carboxylic acids is 1. The third-order valence-corrected chi connectivity index (χ3v) is 2.56.